The monoisotopic (exact) mass is 335 g/mol. The lowest BCUT2D eigenvalue weighted by molar-refractivity contribution is -0.126. The Labute approximate surface area is 143 Å². The number of aryl methyl sites for hydroxylation is 2. The Hall–Kier alpha value is -1.82. The molecule has 1 aliphatic heterocycles. The Morgan fingerprint density at radius 2 is 2.21 bits per heavy atom. The van der Waals surface area contributed by atoms with Crippen LogP contribution in [-0.4, -0.2) is 54.5 Å². The van der Waals surface area contributed by atoms with E-state index in [1.54, 1.807) is 4.90 Å². The summed E-state index contributed by atoms with van der Waals surface area (Å²) in [6.45, 7) is 9.03. The van der Waals surface area contributed by atoms with Crippen LogP contribution < -0.4 is 5.32 Å². The van der Waals surface area contributed by atoms with Crippen molar-refractivity contribution in [3.05, 3.63) is 23.0 Å². The lowest BCUT2D eigenvalue weighted by atomic mass is 9.96. The van der Waals surface area contributed by atoms with Crippen LogP contribution in [0.3, 0.4) is 0 Å². The Balaban J connectivity index is 1.85. The van der Waals surface area contributed by atoms with Gasteiger partial charge in [0, 0.05) is 38.5 Å². The molecule has 0 radical (unpaired) electrons. The Morgan fingerprint density at radius 1 is 1.42 bits per heavy atom. The lowest BCUT2D eigenvalue weighted by Crippen LogP contribution is -2.45. The second kappa shape index (κ2) is 8.87. The predicted molar refractivity (Wildman–Crippen MR) is 93.0 cm³/mol. The number of H-pyrrole nitrogens is 1. The summed E-state index contributed by atoms with van der Waals surface area (Å²) < 4.78 is 5.26. The van der Waals surface area contributed by atoms with Gasteiger partial charge in [-0.15, -0.1) is 0 Å². The van der Waals surface area contributed by atoms with E-state index < -0.39 is 0 Å². The third kappa shape index (κ3) is 4.84. The van der Waals surface area contributed by atoms with E-state index in [2.05, 4.69) is 10.3 Å². The van der Waals surface area contributed by atoms with Crippen molar-refractivity contribution in [2.45, 2.75) is 40.0 Å². The summed E-state index contributed by atoms with van der Waals surface area (Å²) in [6, 6.07) is 1.97. The minimum Gasteiger partial charge on any atom is -0.382 e. The quantitative estimate of drug-likeness (QED) is 0.749. The number of nitrogens with one attached hydrogen (secondary N) is 2. The Bertz CT molecular complexity index is 568. The molecule has 0 aliphatic carbocycles. The van der Waals surface area contributed by atoms with E-state index >= 15 is 0 Å². The van der Waals surface area contributed by atoms with Gasteiger partial charge in [0.15, 0.2) is 0 Å². The van der Waals surface area contributed by atoms with Crippen molar-refractivity contribution in [2.24, 2.45) is 5.92 Å². The molecule has 0 saturated carbocycles. The van der Waals surface area contributed by atoms with Crippen LogP contribution in [0.15, 0.2) is 6.07 Å². The summed E-state index contributed by atoms with van der Waals surface area (Å²) in [5.74, 6) is -0.0796. The van der Waals surface area contributed by atoms with Crippen molar-refractivity contribution in [1.82, 2.24) is 15.2 Å². The van der Waals surface area contributed by atoms with Gasteiger partial charge in [-0.25, -0.2) is 0 Å². The van der Waals surface area contributed by atoms with E-state index in [0.717, 1.165) is 30.5 Å². The predicted octanol–water partition coefficient (Wildman–Crippen LogP) is 2.03. The molecule has 2 amide bonds. The SMILES string of the molecule is CCOCCCNC(=O)C1CCCN(C(=O)c2[nH]c(C)cc2C)C1. The van der Waals surface area contributed by atoms with Gasteiger partial charge in [-0.1, -0.05) is 0 Å². The number of hydrogen-bond donors (Lipinski definition) is 2. The second-order valence-electron chi connectivity index (χ2n) is 6.44. The highest BCUT2D eigenvalue weighted by atomic mass is 16.5. The summed E-state index contributed by atoms with van der Waals surface area (Å²) >= 11 is 0. The van der Waals surface area contributed by atoms with E-state index in [-0.39, 0.29) is 17.7 Å². The molecule has 1 unspecified atom stereocenters. The number of ether oxygens (including phenoxy) is 1. The number of likely N-dealkylation sites (tertiary alicyclic amines) is 1. The van der Waals surface area contributed by atoms with Crippen molar-refractivity contribution in [1.29, 1.82) is 0 Å². The Morgan fingerprint density at radius 3 is 2.88 bits per heavy atom. The first-order chi connectivity index (χ1) is 11.5. The highest BCUT2D eigenvalue weighted by molar-refractivity contribution is 5.94. The summed E-state index contributed by atoms with van der Waals surface area (Å²) in [5.41, 5.74) is 2.58. The van der Waals surface area contributed by atoms with Crippen LogP contribution in [-0.2, 0) is 9.53 Å². The molecule has 24 heavy (non-hydrogen) atoms. The third-order valence-electron chi connectivity index (χ3n) is 4.41. The molecule has 1 aromatic heterocycles. The van der Waals surface area contributed by atoms with Gasteiger partial charge < -0.3 is 19.9 Å². The van der Waals surface area contributed by atoms with Crippen LogP contribution in [0.1, 0.15) is 47.9 Å². The number of aromatic nitrogens is 1. The maximum atomic E-state index is 12.7. The zero-order valence-corrected chi connectivity index (χ0v) is 15.0. The minimum absolute atomic E-state index is 0.00514. The molecule has 1 aliphatic rings. The molecule has 6 heteroatoms. The number of hydrogen-bond acceptors (Lipinski definition) is 3. The highest BCUT2D eigenvalue weighted by Gasteiger charge is 2.29. The first-order valence-electron chi connectivity index (χ1n) is 8.83. The largest absolute Gasteiger partial charge is 0.382 e. The molecule has 0 spiro atoms. The first kappa shape index (κ1) is 18.5. The van der Waals surface area contributed by atoms with Gasteiger partial charge in [-0.3, -0.25) is 9.59 Å². The molecule has 134 valence electrons. The van der Waals surface area contributed by atoms with Crippen LogP contribution in [0.4, 0.5) is 0 Å². The number of aromatic amines is 1. The highest BCUT2D eigenvalue weighted by Crippen LogP contribution is 2.20. The van der Waals surface area contributed by atoms with Crippen molar-refractivity contribution < 1.29 is 14.3 Å². The molecule has 1 saturated heterocycles. The molecular weight excluding hydrogens is 306 g/mol. The average Bonchev–Trinajstić information content (AvgIpc) is 2.92. The van der Waals surface area contributed by atoms with E-state index in [9.17, 15) is 9.59 Å². The number of nitrogens with zero attached hydrogens (tertiary/aromatic N) is 1. The fourth-order valence-electron chi connectivity index (χ4n) is 3.16. The fraction of sp³-hybridized carbons (Fsp3) is 0.667. The van der Waals surface area contributed by atoms with Crippen molar-refractivity contribution in [2.75, 3.05) is 32.8 Å². The number of piperidine rings is 1. The topological polar surface area (TPSA) is 74.4 Å². The maximum Gasteiger partial charge on any atom is 0.270 e. The molecule has 1 atom stereocenters. The van der Waals surface area contributed by atoms with Gasteiger partial charge in [-0.05, 0) is 51.7 Å². The van der Waals surface area contributed by atoms with Crippen LogP contribution in [0.2, 0.25) is 0 Å². The normalized spacial score (nSPS) is 17.8. The number of carbonyl (C=O) groups is 2. The zero-order chi connectivity index (χ0) is 17.5. The van der Waals surface area contributed by atoms with E-state index in [0.29, 0.717) is 38.5 Å². The number of rotatable bonds is 7. The maximum absolute atomic E-state index is 12.7. The lowest BCUT2D eigenvalue weighted by Gasteiger charge is -2.32. The minimum atomic E-state index is -0.119. The zero-order valence-electron chi connectivity index (χ0n) is 15.0. The average molecular weight is 335 g/mol. The Kier molecular flexibility index (Phi) is 6.85. The number of amides is 2. The molecule has 2 rings (SSSR count). The van der Waals surface area contributed by atoms with Crippen LogP contribution >= 0.6 is 0 Å². The van der Waals surface area contributed by atoms with Gasteiger partial charge in [0.25, 0.3) is 5.91 Å². The molecule has 0 aromatic carbocycles. The molecule has 1 aromatic rings. The van der Waals surface area contributed by atoms with Crippen LogP contribution in [0.25, 0.3) is 0 Å². The van der Waals surface area contributed by atoms with Crippen molar-refractivity contribution in [3.8, 4) is 0 Å². The van der Waals surface area contributed by atoms with Gasteiger partial charge in [0.05, 0.1) is 5.92 Å². The van der Waals surface area contributed by atoms with Crippen LogP contribution in [0, 0.1) is 19.8 Å². The van der Waals surface area contributed by atoms with Crippen molar-refractivity contribution in [3.63, 3.8) is 0 Å². The smallest absolute Gasteiger partial charge is 0.270 e. The van der Waals surface area contributed by atoms with Gasteiger partial charge >= 0.3 is 0 Å². The van der Waals surface area contributed by atoms with Gasteiger partial charge in [-0.2, -0.15) is 0 Å². The van der Waals surface area contributed by atoms with Crippen LogP contribution in [0.5, 0.6) is 0 Å². The van der Waals surface area contributed by atoms with E-state index in [1.807, 2.05) is 26.8 Å². The summed E-state index contributed by atoms with van der Waals surface area (Å²) in [5, 5.41) is 2.96. The first-order valence-corrected chi connectivity index (χ1v) is 8.83. The third-order valence-corrected chi connectivity index (χ3v) is 4.41. The molecule has 2 heterocycles. The summed E-state index contributed by atoms with van der Waals surface area (Å²) in [6.07, 6.45) is 2.52. The molecule has 0 bridgehead atoms. The van der Waals surface area contributed by atoms with E-state index in [4.69, 9.17) is 4.74 Å². The molecule has 2 N–H and O–H groups in total. The summed E-state index contributed by atoms with van der Waals surface area (Å²) in [7, 11) is 0. The fourth-order valence-corrected chi connectivity index (χ4v) is 3.16. The molecule has 1 fully saturated rings. The molecular formula is C18H29N3O3. The van der Waals surface area contributed by atoms with Gasteiger partial charge in [0.1, 0.15) is 5.69 Å². The number of carbonyl (C=O) groups excluding carboxylic acids is 2. The van der Waals surface area contributed by atoms with E-state index in [1.165, 1.54) is 0 Å². The van der Waals surface area contributed by atoms with Gasteiger partial charge in [0.2, 0.25) is 5.91 Å². The molecule has 6 nitrogen and oxygen atoms in total. The summed E-state index contributed by atoms with van der Waals surface area (Å²) in [4.78, 5) is 29.9. The second-order valence-corrected chi connectivity index (χ2v) is 6.44. The standard InChI is InChI=1S/C18H29N3O3/c1-4-24-10-6-8-19-17(22)15-7-5-9-21(12-15)18(23)16-13(2)11-14(3)20-16/h11,15,20H,4-10,12H2,1-3H3,(H,19,22). The van der Waals surface area contributed by atoms with Crippen molar-refractivity contribution >= 4 is 11.8 Å².